The molecule has 0 unspecified atom stereocenters. The summed E-state index contributed by atoms with van der Waals surface area (Å²) < 4.78 is 1.84. The first kappa shape index (κ1) is 11.8. The van der Waals surface area contributed by atoms with E-state index in [0.717, 1.165) is 5.69 Å². The van der Waals surface area contributed by atoms with Crippen LogP contribution >= 0.6 is 15.9 Å². The Balaban J connectivity index is 2.70. The summed E-state index contributed by atoms with van der Waals surface area (Å²) in [5, 5.41) is 0. The predicted molar refractivity (Wildman–Crippen MR) is 69.7 cm³/mol. The highest BCUT2D eigenvalue weighted by Crippen LogP contribution is 2.11. The number of Topliss-reactive ketones (excluding diaryl/α,β-unsaturated/α-hetero) is 1. The minimum absolute atomic E-state index is 0.0737. The fourth-order valence-corrected chi connectivity index (χ4v) is 1.96. The van der Waals surface area contributed by atoms with Crippen molar-refractivity contribution in [2.75, 3.05) is 0 Å². The van der Waals surface area contributed by atoms with E-state index < -0.39 is 0 Å². The molecule has 0 N–H and O–H groups in total. The Hall–Kier alpha value is -1.68. The molecule has 0 radical (unpaired) electrons. The van der Waals surface area contributed by atoms with Crippen LogP contribution < -0.4 is 5.56 Å². The predicted octanol–water partition coefficient (Wildman–Crippen LogP) is 2.80. The molecule has 0 aliphatic carbocycles. The fraction of sp³-hybridized carbons (Fsp3) is 0.0769. The molecule has 0 amide bonds. The van der Waals surface area contributed by atoms with Gasteiger partial charge in [-0.05, 0) is 41.1 Å². The first-order valence-electron chi connectivity index (χ1n) is 5.08. The lowest BCUT2D eigenvalue weighted by atomic mass is 10.2. The number of ketones is 1. The largest absolute Gasteiger partial charge is 0.294 e. The first-order chi connectivity index (χ1) is 8.09. The van der Waals surface area contributed by atoms with Crippen molar-refractivity contribution in [3.8, 4) is 5.69 Å². The van der Waals surface area contributed by atoms with E-state index in [1.807, 2.05) is 30.3 Å². The number of pyridine rings is 1. The van der Waals surface area contributed by atoms with Crippen LogP contribution in [0, 0.1) is 0 Å². The average molecular weight is 292 g/mol. The van der Waals surface area contributed by atoms with Crippen molar-refractivity contribution < 1.29 is 4.79 Å². The summed E-state index contributed by atoms with van der Waals surface area (Å²) in [6, 6.07) is 10.7. The third kappa shape index (κ3) is 2.36. The number of para-hydroxylation sites is 1. The molecule has 0 fully saturated rings. The summed E-state index contributed by atoms with van der Waals surface area (Å²) in [6.45, 7) is 1.47. The number of carbonyl (C=O) groups excluding carboxylic acids is 1. The standard InChI is InChI=1S/C13H10BrNO2/c1-9(16)10-7-12(14)13(17)15(8-10)11-5-3-2-4-6-11/h2-8H,1H3. The van der Waals surface area contributed by atoms with Crippen LogP contribution in [-0.4, -0.2) is 10.4 Å². The van der Waals surface area contributed by atoms with Crippen molar-refractivity contribution in [2.24, 2.45) is 0 Å². The number of halogens is 1. The summed E-state index contributed by atoms with van der Waals surface area (Å²) in [5.41, 5.74) is 1.06. The lowest BCUT2D eigenvalue weighted by Gasteiger charge is -2.07. The van der Waals surface area contributed by atoms with Crippen molar-refractivity contribution in [3.05, 3.63) is 63.0 Å². The van der Waals surface area contributed by atoms with Gasteiger partial charge in [0, 0.05) is 17.4 Å². The van der Waals surface area contributed by atoms with Gasteiger partial charge in [-0.1, -0.05) is 18.2 Å². The smallest absolute Gasteiger partial charge is 0.269 e. The van der Waals surface area contributed by atoms with Crippen LogP contribution in [0.3, 0.4) is 0 Å². The van der Waals surface area contributed by atoms with E-state index in [2.05, 4.69) is 15.9 Å². The summed E-state index contributed by atoms with van der Waals surface area (Å²) in [6.07, 6.45) is 1.56. The highest BCUT2D eigenvalue weighted by molar-refractivity contribution is 9.10. The molecule has 0 saturated carbocycles. The summed E-state index contributed by atoms with van der Waals surface area (Å²) in [5.74, 6) is -0.0737. The van der Waals surface area contributed by atoms with Gasteiger partial charge in [-0.2, -0.15) is 0 Å². The molecule has 2 aromatic rings. The average Bonchev–Trinajstić information content (AvgIpc) is 2.33. The summed E-state index contributed by atoms with van der Waals surface area (Å²) in [7, 11) is 0. The van der Waals surface area contributed by atoms with Gasteiger partial charge in [-0.15, -0.1) is 0 Å². The van der Waals surface area contributed by atoms with E-state index in [4.69, 9.17) is 0 Å². The van der Waals surface area contributed by atoms with Gasteiger partial charge in [0.05, 0.1) is 4.47 Å². The van der Waals surface area contributed by atoms with Gasteiger partial charge >= 0.3 is 0 Å². The van der Waals surface area contributed by atoms with Gasteiger partial charge in [-0.3, -0.25) is 14.2 Å². The molecule has 86 valence electrons. The maximum absolute atomic E-state index is 11.9. The topological polar surface area (TPSA) is 39.1 Å². The number of hydrogen-bond acceptors (Lipinski definition) is 2. The van der Waals surface area contributed by atoms with Crippen LogP contribution in [0.4, 0.5) is 0 Å². The van der Waals surface area contributed by atoms with Crippen molar-refractivity contribution in [3.63, 3.8) is 0 Å². The molecular weight excluding hydrogens is 282 g/mol. The van der Waals surface area contributed by atoms with Gasteiger partial charge in [0.1, 0.15) is 0 Å². The fourth-order valence-electron chi connectivity index (χ4n) is 1.52. The number of carbonyl (C=O) groups is 1. The number of aromatic nitrogens is 1. The molecule has 0 bridgehead atoms. The maximum Gasteiger partial charge on any atom is 0.269 e. The molecule has 0 saturated heterocycles. The molecule has 2 rings (SSSR count). The Bertz CT molecular complexity index is 617. The van der Waals surface area contributed by atoms with Crippen LogP contribution in [0.5, 0.6) is 0 Å². The lowest BCUT2D eigenvalue weighted by Crippen LogP contribution is -2.19. The highest BCUT2D eigenvalue weighted by atomic mass is 79.9. The minimum Gasteiger partial charge on any atom is -0.294 e. The molecule has 1 aromatic carbocycles. The Morgan fingerprint density at radius 3 is 2.47 bits per heavy atom. The Morgan fingerprint density at radius 2 is 1.88 bits per heavy atom. The summed E-state index contributed by atoms with van der Waals surface area (Å²) in [4.78, 5) is 23.3. The zero-order valence-corrected chi connectivity index (χ0v) is 10.8. The van der Waals surface area contributed by atoms with Crippen LogP contribution in [0.2, 0.25) is 0 Å². The van der Waals surface area contributed by atoms with E-state index in [0.29, 0.717) is 10.0 Å². The second-order valence-corrected chi connectivity index (χ2v) is 4.50. The van der Waals surface area contributed by atoms with Crippen molar-refractivity contribution in [1.29, 1.82) is 0 Å². The zero-order valence-electron chi connectivity index (χ0n) is 9.18. The van der Waals surface area contributed by atoms with Crippen LogP contribution in [0.1, 0.15) is 17.3 Å². The normalized spacial score (nSPS) is 10.2. The Labute approximate surface area is 107 Å². The zero-order chi connectivity index (χ0) is 12.4. The maximum atomic E-state index is 11.9. The molecular formula is C13H10BrNO2. The monoisotopic (exact) mass is 291 g/mol. The van der Waals surface area contributed by atoms with E-state index >= 15 is 0 Å². The van der Waals surface area contributed by atoms with Crippen molar-refractivity contribution in [2.45, 2.75) is 6.92 Å². The number of nitrogens with zero attached hydrogens (tertiary/aromatic N) is 1. The third-order valence-electron chi connectivity index (χ3n) is 2.41. The number of benzene rings is 1. The third-order valence-corrected chi connectivity index (χ3v) is 2.98. The second kappa shape index (κ2) is 4.67. The Kier molecular flexibility index (Phi) is 3.24. The van der Waals surface area contributed by atoms with Gasteiger partial charge in [0.25, 0.3) is 5.56 Å². The van der Waals surface area contributed by atoms with Crippen molar-refractivity contribution >= 4 is 21.7 Å². The number of hydrogen-bond donors (Lipinski definition) is 0. The molecule has 0 atom stereocenters. The van der Waals surface area contributed by atoms with E-state index in [-0.39, 0.29) is 11.3 Å². The number of rotatable bonds is 2. The van der Waals surface area contributed by atoms with Gasteiger partial charge < -0.3 is 0 Å². The van der Waals surface area contributed by atoms with Gasteiger partial charge in [0.15, 0.2) is 5.78 Å². The molecule has 0 aliphatic heterocycles. The molecule has 0 aliphatic rings. The summed E-state index contributed by atoms with van der Waals surface area (Å²) >= 11 is 3.18. The van der Waals surface area contributed by atoms with E-state index in [1.54, 1.807) is 12.3 Å². The van der Waals surface area contributed by atoms with E-state index in [1.165, 1.54) is 11.5 Å². The highest BCUT2D eigenvalue weighted by Gasteiger charge is 2.08. The molecule has 1 aromatic heterocycles. The lowest BCUT2D eigenvalue weighted by molar-refractivity contribution is 0.101. The Morgan fingerprint density at radius 1 is 1.24 bits per heavy atom. The molecule has 4 heteroatoms. The van der Waals surface area contributed by atoms with Crippen LogP contribution in [0.15, 0.2) is 51.9 Å². The van der Waals surface area contributed by atoms with Gasteiger partial charge in [-0.25, -0.2) is 0 Å². The molecule has 0 spiro atoms. The van der Waals surface area contributed by atoms with E-state index in [9.17, 15) is 9.59 Å². The van der Waals surface area contributed by atoms with Crippen LogP contribution in [-0.2, 0) is 0 Å². The second-order valence-electron chi connectivity index (χ2n) is 3.64. The molecule has 3 nitrogen and oxygen atoms in total. The SMILES string of the molecule is CC(=O)c1cc(Br)c(=O)n(-c2ccccc2)c1. The van der Waals surface area contributed by atoms with Crippen molar-refractivity contribution in [1.82, 2.24) is 4.57 Å². The first-order valence-corrected chi connectivity index (χ1v) is 5.87. The van der Waals surface area contributed by atoms with Gasteiger partial charge in [0.2, 0.25) is 0 Å². The molecule has 17 heavy (non-hydrogen) atoms. The minimum atomic E-state index is -0.179. The van der Waals surface area contributed by atoms with Crippen LogP contribution in [0.25, 0.3) is 5.69 Å². The molecule has 1 heterocycles. The quantitative estimate of drug-likeness (QED) is 0.798.